The van der Waals surface area contributed by atoms with E-state index in [4.69, 9.17) is 20.9 Å². The summed E-state index contributed by atoms with van der Waals surface area (Å²) in [7, 11) is 1.44. The van der Waals surface area contributed by atoms with E-state index in [0.29, 0.717) is 43.4 Å². The lowest BCUT2D eigenvalue weighted by atomic mass is 9.69. The number of ketones is 1. The number of aliphatic hydroxyl groups is 2. The maximum Gasteiger partial charge on any atom is 0.201 e. The maximum atomic E-state index is 12.8. The first kappa shape index (κ1) is 30.5. The summed E-state index contributed by atoms with van der Waals surface area (Å²) in [6.07, 6.45) is 3.70. The number of aliphatic hydroxyl groups excluding tert-OH is 2. The summed E-state index contributed by atoms with van der Waals surface area (Å²) in [4.78, 5) is 17.1. The van der Waals surface area contributed by atoms with Crippen molar-refractivity contribution in [3.63, 3.8) is 0 Å². The van der Waals surface area contributed by atoms with Crippen molar-refractivity contribution in [2.45, 2.75) is 83.0 Å². The van der Waals surface area contributed by atoms with E-state index >= 15 is 0 Å². The molecule has 0 saturated heterocycles. The highest BCUT2D eigenvalue weighted by molar-refractivity contribution is 5.79. The van der Waals surface area contributed by atoms with Crippen LogP contribution in [-0.2, 0) is 30.5 Å². The Labute approximate surface area is 251 Å². The number of fused-ring (bicyclic) bond motifs is 5. The first-order valence-electron chi connectivity index (χ1n) is 15.0. The van der Waals surface area contributed by atoms with Crippen LogP contribution < -0.4 is 20.9 Å². The smallest absolute Gasteiger partial charge is 0.201 e. The van der Waals surface area contributed by atoms with Gasteiger partial charge in [-0.2, -0.15) is 0 Å². The third kappa shape index (κ3) is 6.38. The number of hydrogen-bond donors (Lipinski definition) is 6. The fourth-order valence-corrected chi connectivity index (χ4v) is 6.98. The third-order valence-corrected chi connectivity index (χ3v) is 9.30. The Balaban J connectivity index is 1.56. The zero-order valence-electron chi connectivity index (χ0n) is 24.6. The van der Waals surface area contributed by atoms with Gasteiger partial charge in [0, 0.05) is 42.9 Å². The van der Waals surface area contributed by atoms with Gasteiger partial charge >= 0.3 is 0 Å². The standard InChI is InChI=1S/C33H41N3O7/c1-42-29-24-6-4-5-21-15-20(8-11-23(38)16-22(37)10-7-19(24)9-12-27(29)39)25-17-26(31(41)43-30(25)28(21)40)33(13-2-3-14-33)18-36-32(34)35/h9,12,15,23,26,31,38-41H,2-3,5,7-8,10-11,13-14,16-18H2,1H3,(H4,34,35,36). The Bertz CT molecular complexity index is 1470. The van der Waals surface area contributed by atoms with Gasteiger partial charge in [-0.25, -0.2) is 0 Å². The second-order valence-corrected chi connectivity index (χ2v) is 12.0. The minimum Gasteiger partial charge on any atom is -0.504 e. The van der Waals surface area contributed by atoms with Crippen molar-refractivity contribution in [1.82, 2.24) is 0 Å². The van der Waals surface area contributed by atoms with E-state index in [1.54, 1.807) is 6.07 Å². The number of guanidine groups is 1. The number of carbonyl (C=O) groups excluding carboxylic acids is 1. The number of phenols is 2. The van der Waals surface area contributed by atoms with Crippen molar-refractivity contribution in [2.24, 2.45) is 27.8 Å². The summed E-state index contributed by atoms with van der Waals surface area (Å²) in [6.45, 7) is 0.381. The predicted molar refractivity (Wildman–Crippen MR) is 161 cm³/mol. The summed E-state index contributed by atoms with van der Waals surface area (Å²) < 4.78 is 11.5. The van der Waals surface area contributed by atoms with Gasteiger partial charge in [0.2, 0.25) is 6.29 Å². The van der Waals surface area contributed by atoms with Crippen molar-refractivity contribution in [3.8, 4) is 34.8 Å². The molecule has 8 N–H and O–H groups in total. The number of hydrogen-bond acceptors (Lipinski definition) is 8. The highest BCUT2D eigenvalue weighted by Gasteiger charge is 2.48. The van der Waals surface area contributed by atoms with Gasteiger partial charge in [0.05, 0.1) is 18.8 Å². The predicted octanol–water partition coefficient (Wildman–Crippen LogP) is 2.60. The molecule has 2 aliphatic carbocycles. The molecule has 5 rings (SSSR count). The molecule has 2 aromatic carbocycles. The number of benzene rings is 2. The molecule has 0 spiro atoms. The van der Waals surface area contributed by atoms with Crippen LogP contribution in [0.25, 0.3) is 0 Å². The Morgan fingerprint density at radius 3 is 2.58 bits per heavy atom. The molecule has 1 saturated carbocycles. The van der Waals surface area contributed by atoms with Crippen molar-refractivity contribution in [1.29, 1.82) is 0 Å². The number of phenolic OH excluding ortho intramolecular Hbond substituents is 2. The first-order chi connectivity index (χ1) is 20.6. The summed E-state index contributed by atoms with van der Waals surface area (Å²) in [5.41, 5.74) is 14.4. The van der Waals surface area contributed by atoms with Gasteiger partial charge in [0.25, 0.3) is 0 Å². The van der Waals surface area contributed by atoms with Crippen LogP contribution in [0.2, 0.25) is 0 Å². The van der Waals surface area contributed by atoms with Crippen LogP contribution in [0.5, 0.6) is 23.0 Å². The number of ether oxygens (including phenoxy) is 2. The number of aromatic hydroxyl groups is 2. The molecule has 1 heterocycles. The molecule has 2 bridgehead atoms. The van der Waals surface area contributed by atoms with Crippen LogP contribution in [0.4, 0.5) is 0 Å². The van der Waals surface area contributed by atoms with E-state index in [0.717, 1.165) is 42.4 Å². The van der Waals surface area contributed by atoms with Crippen LogP contribution in [0.1, 0.15) is 72.8 Å². The van der Waals surface area contributed by atoms with Gasteiger partial charge < -0.3 is 41.4 Å². The summed E-state index contributed by atoms with van der Waals surface area (Å²) in [5, 5.41) is 43.8. The van der Waals surface area contributed by atoms with Crippen molar-refractivity contribution in [2.75, 3.05) is 13.7 Å². The van der Waals surface area contributed by atoms with Crippen LogP contribution in [0.15, 0.2) is 23.2 Å². The number of rotatable bonds is 4. The minimum atomic E-state index is -1.17. The van der Waals surface area contributed by atoms with Crippen molar-refractivity contribution in [3.05, 3.63) is 46.0 Å². The maximum absolute atomic E-state index is 12.8. The highest BCUT2D eigenvalue weighted by atomic mass is 16.6. The molecule has 3 atom stereocenters. The largest absolute Gasteiger partial charge is 0.504 e. The average Bonchev–Trinajstić information content (AvgIpc) is 3.45. The summed E-state index contributed by atoms with van der Waals surface area (Å²) >= 11 is 0. The van der Waals surface area contributed by atoms with Gasteiger partial charge in [0.15, 0.2) is 29.0 Å². The number of carbonyl (C=O) groups is 1. The quantitative estimate of drug-likeness (QED) is 0.177. The minimum absolute atomic E-state index is 0.00456. The normalized spacial score (nSPS) is 23.3. The molecule has 43 heavy (non-hydrogen) atoms. The van der Waals surface area contributed by atoms with Crippen LogP contribution in [0.3, 0.4) is 0 Å². The van der Waals surface area contributed by atoms with Gasteiger partial charge in [0.1, 0.15) is 5.78 Å². The lowest BCUT2D eigenvalue weighted by molar-refractivity contribution is -0.121. The molecule has 0 amide bonds. The average molecular weight is 592 g/mol. The van der Waals surface area contributed by atoms with Crippen LogP contribution in [-0.4, -0.2) is 58.2 Å². The van der Waals surface area contributed by atoms with Crippen molar-refractivity contribution >= 4 is 11.7 Å². The second kappa shape index (κ2) is 12.7. The Morgan fingerprint density at radius 1 is 1.09 bits per heavy atom. The molecule has 0 aromatic heterocycles. The van der Waals surface area contributed by atoms with E-state index in [1.165, 1.54) is 13.2 Å². The van der Waals surface area contributed by atoms with Crippen molar-refractivity contribution < 1.29 is 34.7 Å². The molecule has 0 radical (unpaired) electrons. The molecule has 10 nitrogen and oxygen atoms in total. The number of aryl methyl sites for hydroxylation is 2. The Kier molecular flexibility index (Phi) is 9.04. The van der Waals surface area contributed by atoms with E-state index in [9.17, 15) is 25.2 Å². The molecular weight excluding hydrogens is 550 g/mol. The van der Waals surface area contributed by atoms with Crippen LogP contribution in [0, 0.1) is 23.2 Å². The number of nitrogens with two attached hydrogens (primary N) is 2. The molecule has 1 aliphatic heterocycles. The van der Waals surface area contributed by atoms with E-state index in [-0.39, 0.29) is 65.3 Å². The lowest BCUT2D eigenvalue weighted by Crippen LogP contribution is -2.46. The molecule has 3 aliphatic rings. The summed E-state index contributed by atoms with van der Waals surface area (Å²) in [5.74, 6) is 6.10. The van der Waals surface area contributed by atoms with Gasteiger partial charge in [-0.3, -0.25) is 9.79 Å². The van der Waals surface area contributed by atoms with E-state index in [2.05, 4.69) is 16.8 Å². The Morgan fingerprint density at radius 2 is 1.86 bits per heavy atom. The fourth-order valence-electron chi connectivity index (χ4n) is 6.98. The summed E-state index contributed by atoms with van der Waals surface area (Å²) in [6, 6.07) is 5.11. The monoisotopic (exact) mass is 591 g/mol. The Hall–Kier alpha value is -3.94. The number of nitrogens with zero attached hydrogens (tertiary/aromatic N) is 1. The second-order valence-electron chi connectivity index (χ2n) is 12.0. The number of aliphatic imine (C=N–C) groups is 1. The van der Waals surface area contributed by atoms with Crippen LogP contribution >= 0.6 is 0 Å². The zero-order chi connectivity index (χ0) is 30.7. The number of methoxy groups -OCH3 is 1. The molecule has 2 aromatic rings. The zero-order valence-corrected chi connectivity index (χ0v) is 24.6. The number of Topliss-reactive ketones (excluding diaryl/α,β-unsaturated/α-hetero) is 1. The molecule has 10 heteroatoms. The van der Waals surface area contributed by atoms with E-state index < -0.39 is 12.4 Å². The van der Waals surface area contributed by atoms with Gasteiger partial charge in [-0.1, -0.05) is 36.8 Å². The lowest BCUT2D eigenvalue weighted by Gasteiger charge is -2.42. The fraction of sp³-hybridized carbons (Fsp3) is 0.515. The topological polar surface area (TPSA) is 181 Å². The molecule has 230 valence electrons. The van der Waals surface area contributed by atoms with Gasteiger partial charge in [-0.05, 0) is 61.1 Å². The van der Waals surface area contributed by atoms with Gasteiger partial charge in [-0.15, -0.1) is 0 Å². The molecular formula is C33H41N3O7. The first-order valence-corrected chi connectivity index (χ1v) is 15.0. The molecule has 1 fully saturated rings. The third-order valence-electron chi connectivity index (χ3n) is 9.30. The SMILES string of the molecule is COc1c(O)ccc2c1C#CCc1cc(c3c(c1O)OC(O)C(C1(CN=C(N)N)CCCC1)C3)CCC(O)CC(=O)CC2. The van der Waals surface area contributed by atoms with E-state index in [1.807, 2.05) is 6.07 Å². The molecule has 3 unspecified atom stereocenters. The highest BCUT2D eigenvalue weighted by Crippen LogP contribution is 2.52.